The Morgan fingerprint density at radius 1 is 0.180 bits per heavy atom. The molecule has 1 aliphatic carbocycles. The van der Waals surface area contributed by atoms with Crippen molar-refractivity contribution in [3.63, 3.8) is 0 Å². The standard InChI is InChI=1S/C35H22N2O2S.C35H24N2O2S.C31H20N2O2S.C29H20N2O2S/c1-2-32-36-28-13-6-14-31-35(28)37(32)29-19-21(15-18-30(29)40(31,38)39)22-16-17-27-25-10-4-8-20-7-3-9-24(33(20)25)26-12-5-11-23(22)34(26)27;1-2-34-36-30-12-7-13-33-35(30)37(34)31-21-24(18-19-32(31)40(33,38)39)22-14-16-23(17-15-22)29-20-25-8-3-4-9-26(25)27-10-5-6-11-28(27)29;1-2-29-32-25-11-6-12-28-31(25)33(29)26-17-18(13-16-27(26)36(28,34)35)19-14-15-24-21-8-4-3-7-20(21)23-10-5-9-22(19)30(23)24;1-2-28-30-24-12-7-13-27-29(24)31(28)25-17-19(14-15-26(25)34(27,32)33)23-16-18-8-3-4-9-20(18)21-10-5-6-11-22(21)23/h3-19H,2H2,1H3;3-21H,2H2,1H3;3-17H,2H2,1H3;3-17H,2H2,1H3. The van der Waals surface area contributed by atoms with Crippen molar-refractivity contribution in [3.05, 3.63) is 424 Å². The lowest BCUT2D eigenvalue weighted by Gasteiger charge is -2.22. The predicted molar refractivity (Wildman–Crippen MR) is 604 cm³/mol. The van der Waals surface area contributed by atoms with Crippen LogP contribution < -0.4 is 0 Å². The third-order valence-electron chi connectivity index (χ3n) is 31.3. The number of nitrogens with zero attached hydrogens (tertiary/aromatic N) is 8. The fraction of sp³-hybridized carbons (Fsp3) is 0.0615. The molecule has 0 unspecified atom stereocenters. The highest BCUT2D eigenvalue weighted by Crippen LogP contribution is 2.54. The first-order chi connectivity index (χ1) is 73.2. The summed E-state index contributed by atoms with van der Waals surface area (Å²) in [5.41, 5.74) is 23.8. The molecule has 4 aromatic heterocycles. The van der Waals surface area contributed by atoms with Crippen molar-refractivity contribution in [2.75, 3.05) is 0 Å². The van der Waals surface area contributed by atoms with Crippen LogP contribution in [0.25, 0.3) is 242 Å². The van der Waals surface area contributed by atoms with Gasteiger partial charge >= 0.3 is 0 Å². The van der Waals surface area contributed by atoms with Crippen LogP contribution in [0.4, 0.5) is 0 Å². The number of para-hydroxylation sites is 4. The third-order valence-corrected chi connectivity index (χ3v) is 38.6. The highest BCUT2D eigenvalue weighted by Gasteiger charge is 2.40. The summed E-state index contributed by atoms with van der Waals surface area (Å²) in [5.74, 6) is 3.44. The van der Waals surface area contributed by atoms with Gasteiger partial charge in [-0.15, -0.1) is 0 Å². The average Bonchev–Trinajstić information content (AvgIpc) is 1.51. The van der Waals surface area contributed by atoms with E-state index in [1.54, 1.807) is 72.8 Å². The summed E-state index contributed by atoms with van der Waals surface area (Å²) in [6, 6.07) is 134. The average molecular weight is 2020 g/mol. The van der Waals surface area contributed by atoms with E-state index in [0.717, 1.165) is 89.5 Å². The highest BCUT2D eigenvalue weighted by molar-refractivity contribution is 7.93. The molecule has 8 heterocycles. The molecule has 20 heteroatoms. The molecule has 718 valence electrons. The largest absolute Gasteiger partial charge is 0.294 e. The smallest absolute Gasteiger partial charge is 0.210 e. The Kier molecular flexibility index (Phi) is 19.5. The monoisotopic (exact) mass is 2010 g/mol. The second-order valence-corrected chi connectivity index (χ2v) is 46.6. The van der Waals surface area contributed by atoms with Gasteiger partial charge in [-0.3, -0.25) is 18.3 Å². The maximum atomic E-state index is 13.7. The molecule has 4 aliphatic heterocycles. The fourth-order valence-corrected chi connectivity index (χ4v) is 31.1. The number of benzene rings is 23. The van der Waals surface area contributed by atoms with E-state index in [1.165, 1.54) is 109 Å². The molecule has 0 radical (unpaired) electrons. The van der Waals surface area contributed by atoms with E-state index in [2.05, 4.69) is 257 Å². The summed E-state index contributed by atoms with van der Waals surface area (Å²) in [6.45, 7) is 8.21. The number of hydrogen-bond donors (Lipinski definition) is 0. The first kappa shape index (κ1) is 88.8. The number of sulfone groups is 4. The second-order valence-electron chi connectivity index (χ2n) is 39.1. The number of aromatic nitrogens is 8. The number of fused-ring (bicyclic) bond motifs is 19. The van der Waals surface area contributed by atoms with E-state index in [9.17, 15) is 33.7 Å². The van der Waals surface area contributed by atoms with Crippen molar-refractivity contribution in [2.45, 2.75) is 92.5 Å². The van der Waals surface area contributed by atoms with Crippen LogP contribution in [0.2, 0.25) is 0 Å². The molecule has 0 saturated heterocycles. The molecule has 0 bridgehead atoms. The first-order valence-electron chi connectivity index (χ1n) is 50.5. The molecule has 0 amide bonds. The van der Waals surface area contributed by atoms with Gasteiger partial charge in [0.05, 0.1) is 106 Å². The van der Waals surface area contributed by atoms with Crippen molar-refractivity contribution < 1.29 is 33.7 Å². The van der Waals surface area contributed by atoms with Crippen LogP contribution >= 0.6 is 0 Å². The van der Waals surface area contributed by atoms with E-state index < -0.39 is 39.3 Å². The zero-order chi connectivity index (χ0) is 101. The van der Waals surface area contributed by atoms with Crippen LogP contribution in [-0.2, 0) is 65.0 Å². The van der Waals surface area contributed by atoms with Crippen molar-refractivity contribution in [1.82, 2.24) is 38.2 Å². The van der Waals surface area contributed by atoms with Crippen LogP contribution in [0, 0.1) is 0 Å². The molecule has 32 rings (SSSR count). The lowest BCUT2D eigenvalue weighted by atomic mass is 9.87. The van der Waals surface area contributed by atoms with Gasteiger partial charge in [-0.2, -0.15) is 0 Å². The minimum Gasteiger partial charge on any atom is -0.294 e. The summed E-state index contributed by atoms with van der Waals surface area (Å²) in [7, 11) is -14.6. The molecular formula is C130H86N8O8S4. The Bertz CT molecular complexity index is 11200. The lowest BCUT2D eigenvalue weighted by Crippen LogP contribution is -2.16. The normalized spacial score (nSPS) is 14.0. The van der Waals surface area contributed by atoms with E-state index in [-0.39, 0.29) is 0 Å². The molecule has 150 heavy (non-hydrogen) atoms. The van der Waals surface area contributed by atoms with Gasteiger partial charge in [0.25, 0.3) is 0 Å². The molecular weight excluding hydrogens is 1930 g/mol. The van der Waals surface area contributed by atoms with Gasteiger partial charge in [-0.25, -0.2) is 53.6 Å². The number of rotatable bonds is 9. The molecule has 23 aromatic carbocycles. The Labute approximate surface area is 862 Å². The van der Waals surface area contributed by atoms with E-state index in [0.29, 0.717) is 132 Å². The van der Waals surface area contributed by atoms with Crippen LogP contribution in [0.1, 0.15) is 51.0 Å². The second kappa shape index (κ2) is 32.9. The fourth-order valence-electron chi connectivity index (χ4n) is 24.6. The minimum absolute atomic E-state index is 0.322. The van der Waals surface area contributed by atoms with Crippen molar-refractivity contribution in [1.29, 1.82) is 0 Å². The quantitative estimate of drug-likeness (QED) is 0.0977. The summed E-state index contributed by atoms with van der Waals surface area (Å²) in [4.78, 5) is 21.7. The van der Waals surface area contributed by atoms with Crippen LogP contribution in [0.3, 0.4) is 0 Å². The molecule has 5 aliphatic rings. The molecule has 0 atom stereocenters. The van der Waals surface area contributed by atoms with Gasteiger partial charge in [-0.1, -0.05) is 319 Å². The zero-order valence-electron chi connectivity index (χ0n) is 81.4. The van der Waals surface area contributed by atoms with Gasteiger partial charge in [0, 0.05) is 25.7 Å². The maximum absolute atomic E-state index is 13.7. The lowest BCUT2D eigenvalue weighted by molar-refractivity contribution is 0.592. The minimum atomic E-state index is -3.67. The molecule has 16 nitrogen and oxygen atoms in total. The van der Waals surface area contributed by atoms with Gasteiger partial charge in [-0.05, 0) is 284 Å². The molecule has 27 aromatic rings. The Hall–Kier alpha value is -17.7. The van der Waals surface area contributed by atoms with Gasteiger partial charge in [0.15, 0.2) is 0 Å². The Morgan fingerprint density at radius 3 is 0.873 bits per heavy atom. The Morgan fingerprint density at radius 2 is 0.453 bits per heavy atom. The van der Waals surface area contributed by atoms with Gasteiger partial charge < -0.3 is 0 Å². The molecule has 0 spiro atoms. The van der Waals surface area contributed by atoms with E-state index in [1.807, 2.05) is 117 Å². The van der Waals surface area contributed by atoms with Gasteiger partial charge in [0.1, 0.15) is 23.3 Å². The van der Waals surface area contributed by atoms with Crippen LogP contribution in [-0.4, -0.2) is 71.9 Å². The summed E-state index contributed by atoms with van der Waals surface area (Å²) in [6.07, 6.45) is 2.81. The first-order valence-corrected chi connectivity index (χ1v) is 56.5. The topological polar surface area (TPSA) is 208 Å². The number of hydrogen-bond acceptors (Lipinski definition) is 12. The van der Waals surface area contributed by atoms with E-state index in [4.69, 9.17) is 19.9 Å². The molecule has 0 fully saturated rings. The summed E-state index contributed by atoms with van der Waals surface area (Å²) in [5, 5.41) is 22.0. The SMILES string of the molecule is CCc1nc2cccc3c2n1-c1cc(-c2cc4ccccc4c4ccccc24)ccc1S3(=O)=O.CCc1nc2cccc3c2n1-c1cc(-c2ccc(-c4cc5ccccc5c5ccccc45)cc2)ccc1S3(=O)=O.CCc1nc2cccc3c2n1-c1cc(-c2ccc4c5c(cccc25)-c2ccccc2-4)ccc1S3(=O)=O.CCc1nc2cccc3c2n1-c1cc(-c2ccc4c5cccc6cccc(c7cccc2c74)c65)ccc1S3(=O)=O. The van der Waals surface area contributed by atoms with Crippen molar-refractivity contribution in [3.8, 4) is 101 Å². The van der Waals surface area contributed by atoms with Crippen LogP contribution in [0.15, 0.2) is 440 Å². The predicted octanol–water partition coefficient (Wildman–Crippen LogP) is 30.7. The molecule has 0 saturated carbocycles. The zero-order valence-corrected chi connectivity index (χ0v) is 84.7. The third kappa shape index (κ3) is 12.8. The summed E-state index contributed by atoms with van der Waals surface area (Å²) < 4.78 is 117. The highest BCUT2D eigenvalue weighted by atomic mass is 32.2. The van der Waals surface area contributed by atoms with Gasteiger partial charge in [0.2, 0.25) is 39.3 Å². The number of imidazole rings is 4. The van der Waals surface area contributed by atoms with Crippen LogP contribution in [0.5, 0.6) is 0 Å². The van der Waals surface area contributed by atoms with Crippen molar-refractivity contribution in [2.24, 2.45) is 0 Å². The van der Waals surface area contributed by atoms with Crippen molar-refractivity contribution >= 4 is 180 Å². The number of aryl methyl sites for hydroxylation is 4. The maximum Gasteiger partial charge on any atom is 0.210 e. The summed E-state index contributed by atoms with van der Waals surface area (Å²) >= 11 is 0. The Balaban J connectivity index is 0.0000000941. The van der Waals surface area contributed by atoms with E-state index >= 15 is 0 Å². The molecule has 0 N–H and O–H groups in total.